The van der Waals surface area contributed by atoms with Crippen molar-refractivity contribution in [1.82, 2.24) is 5.43 Å². The zero-order chi connectivity index (χ0) is 18.9. The average molecular weight is 358 g/mol. The lowest BCUT2D eigenvalue weighted by atomic mass is 10.1. The quantitative estimate of drug-likeness (QED) is 0.386. The number of nitrogens with one attached hydrogen (secondary N) is 1. The van der Waals surface area contributed by atoms with E-state index in [9.17, 15) is 9.90 Å². The summed E-state index contributed by atoms with van der Waals surface area (Å²) in [7, 11) is 0. The molecular weight excluding hydrogens is 340 g/mol. The molecule has 0 spiro atoms. The maximum Gasteiger partial charge on any atom is 0.244 e. The number of azo groups is 1. The first-order valence-corrected chi connectivity index (χ1v) is 8.36. The number of benzene rings is 3. The summed E-state index contributed by atoms with van der Waals surface area (Å²) in [5.74, 6) is -0.231. The molecule has 6 heteroatoms. The predicted octanol–water partition coefficient (Wildman–Crippen LogP) is 4.50. The molecule has 0 aliphatic heterocycles. The van der Waals surface area contributed by atoms with Crippen LogP contribution in [0.5, 0.6) is 5.75 Å². The van der Waals surface area contributed by atoms with Gasteiger partial charge in [0.05, 0.1) is 24.0 Å². The molecule has 0 radical (unpaired) electrons. The van der Waals surface area contributed by atoms with Crippen LogP contribution < -0.4 is 5.43 Å². The molecule has 2 N–H and O–H groups in total. The van der Waals surface area contributed by atoms with E-state index in [4.69, 9.17) is 0 Å². The highest BCUT2D eigenvalue weighted by Crippen LogP contribution is 2.24. The van der Waals surface area contributed by atoms with Crippen LogP contribution in [0.3, 0.4) is 0 Å². The third kappa shape index (κ3) is 5.61. The molecule has 0 fully saturated rings. The minimum Gasteiger partial charge on any atom is -0.507 e. The van der Waals surface area contributed by atoms with Gasteiger partial charge in [0.15, 0.2) is 0 Å². The number of nitrogens with zero attached hydrogens (tertiary/aromatic N) is 3. The topological polar surface area (TPSA) is 86.4 Å². The van der Waals surface area contributed by atoms with Crippen molar-refractivity contribution in [2.75, 3.05) is 0 Å². The molecule has 3 rings (SSSR count). The lowest BCUT2D eigenvalue weighted by Crippen LogP contribution is -2.19. The van der Waals surface area contributed by atoms with Gasteiger partial charge in [-0.15, -0.1) is 0 Å². The summed E-state index contributed by atoms with van der Waals surface area (Å²) in [6.07, 6.45) is 1.62. The Bertz CT molecular complexity index is 954. The Kier molecular flexibility index (Phi) is 6.04. The van der Waals surface area contributed by atoms with Crippen molar-refractivity contribution in [2.24, 2.45) is 15.3 Å². The number of carbonyl (C=O) groups is 1. The number of aromatic hydroxyl groups is 1. The summed E-state index contributed by atoms with van der Waals surface area (Å²) in [5, 5.41) is 22.1. The third-order valence-corrected chi connectivity index (χ3v) is 3.65. The molecule has 0 aliphatic rings. The molecule has 0 aliphatic carbocycles. The highest BCUT2D eigenvalue weighted by molar-refractivity contribution is 5.86. The Hall–Kier alpha value is -3.80. The zero-order valence-corrected chi connectivity index (χ0v) is 14.5. The number of amides is 1. The molecule has 0 bridgehead atoms. The van der Waals surface area contributed by atoms with Gasteiger partial charge in [0.2, 0.25) is 5.91 Å². The van der Waals surface area contributed by atoms with Crippen molar-refractivity contribution in [3.8, 4) is 5.75 Å². The summed E-state index contributed by atoms with van der Waals surface area (Å²) >= 11 is 0. The van der Waals surface area contributed by atoms with Crippen LogP contribution in [0.4, 0.5) is 11.4 Å². The van der Waals surface area contributed by atoms with Crippen LogP contribution in [0.1, 0.15) is 11.1 Å². The van der Waals surface area contributed by atoms with Gasteiger partial charge in [-0.1, -0.05) is 48.5 Å². The van der Waals surface area contributed by atoms with Crippen LogP contribution in [-0.2, 0) is 11.2 Å². The number of rotatable bonds is 6. The number of hydrazone groups is 1. The predicted molar refractivity (Wildman–Crippen MR) is 105 cm³/mol. The molecule has 0 heterocycles. The standard InChI is InChI=1S/C21H18N4O2/c26-20-14-19(24-23-18-9-5-2-6-10-18)12-11-17(20)15-22-25-21(27)13-16-7-3-1-4-8-16/h1-12,14-15,26H,13H2,(H,25,27)/b22-15+,24-23?. The third-order valence-electron chi connectivity index (χ3n) is 3.65. The van der Waals surface area contributed by atoms with E-state index in [-0.39, 0.29) is 18.1 Å². The number of phenols is 1. The fourth-order valence-corrected chi connectivity index (χ4v) is 2.31. The first kappa shape index (κ1) is 18.0. The highest BCUT2D eigenvalue weighted by Gasteiger charge is 2.03. The molecular formula is C21H18N4O2. The highest BCUT2D eigenvalue weighted by atomic mass is 16.3. The first-order valence-electron chi connectivity index (χ1n) is 8.36. The summed E-state index contributed by atoms with van der Waals surface area (Å²) in [6.45, 7) is 0. The van der Waals surface area contributed by atoms with Gasteiger partial charge in [0, 0.05) is 11.6 Å². The number of hydrogen-bond acceptors (Lipinski definition) is 5. The normalized spacial score (nSPS) is 11.1. The molecule has 1 amide bonds. The molecule has 3 aromatic carbocycles. The second kappa shape index (κ2) is 9.05. The Morgan fingerprint density at radius 1 is 0.889 bits per heavy atom. The summed E-state index contributed by atoms with van der Waals surface area (Å²) in [4.78, 5) is 11.8. The van der Waals surface area contributed by atoms with E-state index in [0.29, 0.717) is 11.3 Å². The van der Waals surface area contributed by atoms with Crippen molar-refractivity contribution in [2.45, 2.75) is 6.42 Å². The minimum absolute atomic E-state index is 0.000528. The Balaban J connectivity index is 1.58. The maximum absolute atomic E-state index is 11.8. The van der Waals surface area contributed by atoms with Crippen molar-refractivity contribution in [1.29, 1.82) is 0 Å². The number of phenolic OH excluding ortho intramolecular Hbond substituents is 1. The van der Waals surface area contributed by atoms with Crippen molar-refractivity contribution >= 4 is 23.5 Å². The first-order chi connectivity index (χ1) is 13.2. The van der Waals surface area contributed by atoms with Gasteiger partial charge in [-0.3, -0.25) is 4.79 Å². The van der Waals surface area contributed by atoms with Gasteiger partial charge in [0.25, 0.3) is 0 Å². The van der Waals surface area contributed by atoms with Crippen LogP contribution in [0, 0.1) is 0 Å². The molecule has 0 atom stereocenters. The van der Waals surface area contributed by atoms with E-state index in [1.165, 1.54) is 12.3 Å². The van der Waals surface area contributed by atoms with Crippen LogP contribution in [0.25, 0.3) is 0 Å². The lowest BCUT2D eigenvalue weighted by molar-refractivity contribution is -0.120. The molecule has 3 aromatic rings. The molecule has 0 aromatic heterocycles. The average Bonchev–Trinajstić information content (AvgIpc) is 2.69. The SMILES string of the molecule is O=C(Cc1ccccc1)N/N=C/c1ccc(N=Nc2ccccc2)cc1O. The Morgan fingerprint density at radius 2 is 1.56 bits per heavy atom. The van der Waals surface area contributed by atoms with Crippen molar-refractivity contribution < 1.29 is 9.90 Å². The molecule has 0 saturated carbocycles. The van der Waals surface area contributed by atoms with Gasteiger partial charge in [-0.05, 0) is 29.8 Å². The molecule has 0 unspecified atom stereocenters. The summed E-state index contributed by atoms with van der Waals surface area (Å²) < 4.78 is 0. The van der Waals surface area contributed by atoms with Crippen molar-refractivity contribution in [3.05, 3.63) is 90.0 Å². The van der Waals surface area contributed by atoms with Gasteiger partial charge in [0.1, 0.15) is 5.75 Å². The molecule has 27 heavy (non-hydrogen) atoms. The zero-order valence-electron chi connectivity index (χ0n) is 14.5. The minimum atomic E-state index is -0.231. The molecule has 6 nitrogen and oxygen atoms in total. The van der Waals surface area contributed by atoms with E-state index in [1.54, 1.807) is 12.1 Å². The fourth-order valence-electron chi connectivity index (χ4n) is 2.31. The van der Waals surface area contributed by atoms with Gasteiger partial charge < -0.3 is 5.11 Å². The van der Waals surface area contributed by atoms with Gasteiger partial charge in [-0.2, -0.15) is 15.3 Å². The molecule has 0 saturated heterocycles. The van der Waals surface area contributed by atoms with E-state index in [2.05, 4.69) is 20.8 Å². The Labute approximate surface area is 156 Å². The number of hydrogen-bond donors (Lipinski definition) is 2. The maximum atomic E-state index is 11.8. The largest absolute Gasteiger partial charge is 0.507 e. The van der Waals surface area contributed by atoms with Crippen LogP contribution in [-0.4, -0.2) is 17.2 Å². The number of carbonyl (C=O) groups excluding carboxylic acids is 1. The Morgan fingerprint density at radius 3 is 2.26 bits per heavy atom. The van der Waals surface area contributed by atoms with Gasteiger partial charge >= 0.3 is 0 Å². The fraction of sp³-hybridized carbons (Fsp3) is 0.0476. The van der Waals surface area contributed by atoms with E-state index in [1.807, 2.05) is 60.7 Å². The van der Waals surface area contributed by atoms with Crippen LogP contribution in [0.15, 0.2) is 94.2 Å². The van der Waals surface area contributed by atoms with Gasteiger partial charge in [-0.25, -0.2) is 5.43 Å². The lowest BCUT2D eigenvalue weighted by Gasteiger charge is -2.01. The second-order valence-electron chi connectivity index (χ2n) is 5.73. The van der Waals surface area contributed by atoms with E-state index < -0.39 is 0 Å². The smallest absolute Gasteiger partial charge is 0.244 e. The van der Waals surface area contributed by atoms with E-state index >= 15 is 0 Å². The summed E-state index contributed by atoms with van der Waals surface area (Å²) in [5.41, 5.74) is 5.06. The summed E-state index contributed by atoms with van der Waals surface area (Å²) in [6, 6.07) is 23.6. The van der Waals surface area contributed by atoms with Crippen LogP contribution in [0.2, 0.25) is 0 Å². The second-order valence-corrected chi connectivity index (χ2v) is 5.73. The molecule has 134 valence electrons. The van der Waals surface area contributed by atoms with Crippen LogP contribution >= 0.6 is 0 Å². The van der Waals surface area contributed by atoms with E-state index in [0.717, 1.165) is 11.3 Å². The monoisotopic (exact) mass is 358 g/mol. The van der Waals surface area contributed by atoms with Crippen molar-refractivity contribution in [3.63, 3.8) is 0 Å².